The van der Waals surface area contributed by atoms with E-state index < -0.39 is 0 Å². The number of hydrogen-bond donors (Lipinski definition) is 2. The number of hydrogen-bond acceptors (Lipinski definition) is 3. The van der Waals surface area contributed by atoms with Gasteiger partial charge in [0, 0.05) is 12.1 Å². The van der Waals surface area contributed by atoms with Crippen molar-refractivity contribution in [2.24, 2.45) is 0 Å². The maximum Gasteiger partial charge on any atom is 0.261 e. The van der Waals surface area contributed by atoms with Gasteiger partial charge in [-0.05, 0) is 39.8 Å². The van der Waals surface area contributed by atoms with E-state index in [0.29, 0.717) is 11.4 Å². The fourth-order valence-corrected chi connectivity index (χ4v) is 3.86. The number of carbonyl (C=O) groups excluding carboxylic acids is 1. The van der Waals surface area contributed by atoms with Gasteiger partial charge in [0.25, 0.3) is 5.91 Å². The summed E-state index contributed by atoms with van der Waals surface area (Å²) in [7, 11) is 0. The minimum atomic E-state index is -0.0640. The van der Waals surface area contributed by atoms with Crippen molar-refractivity contribution < 1.29 is 9.90 Å². The van der Waals surface area contributed by atoms with Gasteiger partial charge in [-0.3, -0.25) is 4.79 Å². The molecule has 0 fully saturated rings. The number of carbonyl (C=O) groups is 1. The van der Waals surface area contributed by atoms with Crippen LogP contribution < -0.4 is 5.32 Å². The van der Waals surface area contributed by atoms with Gasteiger partial charge in [0.1, 0.15) is 5.75 Å². The van der Waals surface area contributed by atoms with Crippen molar-refractivity contribution >= 4 is 17.2 Å². The molecular formula is C24H19NO2S. The quantitative estimate of drug-likeness (QED) is 0.462. The normalized spacial score (nSPS) is 10.6. The number of benzene rings is 3. The van der Waals surface area contributed by atoms with E-state index in [4.69, 9.17) is 0 Å². The molecule has 2 N–H and O–H groups in total. The van der Waals surface area contributed by atoms with E-state index in [2.05, 4.69) is 5.32 Å². The van der Waals surface area contributed by atoms with Crippen LogP contribution in [0.15, 0.2) is 90.3 Å². The van der Waals surface area contributed by atoms with Crippen LogP contribution >= 0.6 is 11.3 Å². The molecule has 0 unspecified atom stereocenters. The van der Waals surface area contributed by atoms with Crippen LogP contribution in [0.3, 0.4) is 0 Å². The van der Waals surface area contributed by atoms with E-state index in [-0.39, 0.29) is 11.7 Å². The molecule has 3 nitrogen and oxygen atoms in total. The van der Waals surface area contributed by atoms with Crippen molar-refractivity contribution in [2.45, 2.75) is 6.54 Å². The number of amides is 1. The first-order valence-corrected chi connectivity index (χ1v) is 9.88. The van der Waals surface area contributed by atoms with Gasteiger partial charge >= 0.3 is 0 Å². The zero-order valence-electron chi connectivity index (χ0n) is 15.1. The van der Waals surface area contributed by atoms with E-state index in [1.807, 2.05) is 84.2 Å². The Morgan fingerprint density at radius 3 is 2.25 bits per heavy atom. The third-order valence-corrected chi connectivity index (χ3v) is 5.48. The number of phenolic OH excluding ortho intramolecular Hbond substituents is 1. The van der Waals surface area contributed by atoms with Crippen LogP contribution in [0.25, 0.3) is 22.3 Å². The molecule has 0 saturated carbocycles. The summed E-state index contributed by atoms with van der Waals surface area (Å²) in [5.41, 5.74) is 4.89. The zero-order chi connectivity index (χ0) is 19.3. The SMILES string of the molecule is O=C(NCc1ccccc1)c1cc(-c2ccc(-c3ccccc3O)cc2)cs1. The lowest BCUT2D eigenvalue weighted by Crippen LogP contribution is -2.21. The second-order valence-electron chi connectivity index (χ2n) is 6.46. The Balaban J connectivity index is 1.46. The molecule has 3 aromatic carbocycles. The Morgan fingerprint density at radius 1 is 0.821 bits per heavy atom. The van der Waals surface area contributed by atoms with Crippen LogP contribution in [-0.2, 0) is 6.54 Å². The van der Waals surface area contributed by atoms with Gasteiger partial charge in [0.2, 0.25) is 0 Å². The number of para-hydroxylation sites is 1. The molecule has 1 aromatic heterocycles. The van der Waals surface area contributed by atoms with E-state index in [1.54, 1.807) is 6.07 Å². The van der Waals surface area contributed by atoms with Crippen LogP contribution in [0.1, 0.15) is 15.2 Å². The number of phenols is 1. The standard InChI is InChI=1S/C24H19NO2S/c26-22-9-5-4-8-21(22)19-12-10-18(11-13-19)20-14-23(28-16-20)24(27)25-15-17-6-2-1-3-7-17/h1-14,16,26H,15H2,(H,25,27). The van der Waals surface area contributed by atoms with Crippen LogP contribution in [0, 0.1) is 0 Å². The molecule has 28 heavy (non-hydrogen) atoms. The summed E-state index contributed by atoms with van der Waals surface area (Å²) >= 11 is 1.44. The minimum absolute atomic E-state index is 0.0640. The molecule has 0 atom stereocenters. The number of nitrogens with one attached hydrogen (secondary N) is 1. The van der Waals surface area contributed by atoms with E-state index in [1.165, 1.54) is 11.3 Å². The summed E-state index contributed by atoms with van der Waals surface area (Å²) < 4.78 is 0. The highest BCUT2D eigenvalue weighted by Crippen LogP contribution is 2.31. The summed E-state index contributed by atoms with van der Waals surface area (Å²) in [6, 6.07) is 27.1. The van der Waals surface area contributed by atoms with Gasteiger partial charge in [0.15, 0.2) is 0 Å². The van der Waals surface area contributed by atoms with Crippen molar-refractivity contribution in [2.75, 3.05) is 0 Å². The molecule has 1 amide bonds. The first-order valence-electron chi connectivity index (χ1n) is 9.00. The fourth-order valence-electron chi connectivity index (χ4n) is 3.03. The highest BCUT2D eigenvalue weighted by atomic mass is 32.1. The Morgan fingerprint density at radius 2 is 1.50 bits per heavy atom. The number of thiophene rings is 1. The summed E-state index contributed by atoms with van der Waals surface area (Å²) in [6.07, 6.45) is 0. The molecule has 0 spiro atoms. The summed E-state index contributed by atoms with van der Waals surface area (Å²) in [4.78, 5) is 13.1. The fraction of sp³-hybridized carbons (Fsp3) is 0.0417. The van der Waals surface area contributed by atoms with Gasteiger partial charge in [-0.25, -0.2) is 0 Å². The van der Waals surface area contributed by atoms with E-state index >= 15 is 0 Å². The molecule has 0 aliphatic rings. The summed E-state index contributed by atoms with van der Waals surface area (Å²) in [5.74, 6) is 0.203. The summed E-state index contributed by atoms with van der Waals surface area (Å²) in [6.45, 7) is 0.516. The number of rotatable bonds is 5. The molecule has 4 aromatic rings. The van der Waals surface area contributed by atoms with Crippen molar-refractivity contribution in [1.82, 2.24) is 5.32 Å². The van der Waals surface area contributed by atoms with Crippen LogP contribution in [0.2, 0.25) is 0 Å². The molecule has 0 saturated heterocycles. The van der Waals surface area contributed by atoms with E-state index in [0.717, 1.165) is 27.8 Å². The lowest BCUT2D eigenvalue weighted by atomic mass is 10.0. The molecule has 138 valence electrons. The highest BCUT2D eigenvalue weighted by Gasteiger charge is 2.11. The first kappa shape index (κ1) is 18.0. The average molecular weight is 385 g/mol. The average Bonchev–Trinajstić information content (AvgIpc) is 3.24. The second kappa shape index (κ2) is 8.11. The molecule has 0 aliphatic carbocycles. The van der Waals surface area contributed by atoms with Crippen LogP contribution in [0.4, 0.5) is 0 Å². The lowest BCUT2D eigenvalue weighted by molar-refractivity contribution is 0.0955. The Kier molecular flexibility index (Phi) is 5.22. The summed E-state index contributed by atoms with van der Waals surface area (Å²) in [5, 5.41) is 15.0. The van der Waals surface area contributed by atoms with Crippen molar-refractivity contribution in [3.63, 3.8) is 0 Å². The van der Waals surface area contributed by atoms with Crippen LogP contribution in [-0.4, -0.2) is 11.0 Å². The third-order valence-electron chi connectivity index (χ3n) is 4.55. The predicted molar refractivity (Wildman–Crippen MR) is 114 cm³/mol. The maximum absolute atomic E-state index is 12.4. The van der Waals surface area contributed by atoms with E-state index in [9.17, 15) is 9.90 Å². The van der Waals surface area contributed by atoms with Gasteiger partial charge in [0.05, 0.1) is 4.88 Å². The second-order valence-corrected chi connectivity index (χ2v) is 7.37. The predicted octanol–water partition coefficient (Wildman–Crippen LogP) is 5.72. The lowest BCUT2D eigenvalue weighted by Gasteiger charge is -2.05. The van der Waals surface area contributed by atoms with Gasteiger partial charge in [-0.15, -0.1) is 11.3 Å². The Bertz CT molecular complexity index is 1090. The van der Waals surface area contributed by atoms with Crippen molar-refractivity contribution in [3.05, 3.63) is 101 Å². The minimum Gasteiger partial charge on any atom is -0.507 e. The van der Waals surface area contributed by atoms with Gasteiger partial charge in [-0.2, -0.15) is 0 Å². The third kappa shape index (κ3) is 3.97. The van der Waals surface area contributed by atoms with Crippen molar-refractivity contribution in [1.29, 1.82) is 0 Å². The molecule has 0 radical (unpaired) electrons. The molecule has 0 aliphatic heterocycles. The molecule has 4 rings (SSSR count). The maximum atomic E-state index is 12.4. The molecule has 0 bridgehead atoms. The smallest absolute Gasteiger partial charge is 0.261 e. The van der Waals surface area contributed by atoms with Crippen LogP contribution in [0.5, 0.6) is 5.75 Å². The van der Waals surface area contributed by atoms with Gasteiger partial charge in [-0.1, -0.05) is 72.8 Å². The highest BCUT2D eigenvalue weighted by molar-refractivity contribution is 7.12. The van der Waals surface area contributed by atoms with Crippen molar-refractivity contribution in [3.8, 4) is 28.0 Å². The Labute approximate surface area is 167 Å². The van der Waals surface area contributed by atoms with Gasteiger partial charge < -0.3 is 10.4 Å². The molecule has 4 heteroatoms. The topological polar surface area (TPSA) is 49.3 Å². The molecular weight excluding hydrogens is 366 g/mol. The first-order chi connectivity index (χ1) is 13.7. The largest absolute Gasteiger partial charge is 0.507 e. The number of aromatic hydroxyl groups is 1. The monoisotopic (exact) mass is 385 g/mol. The zero-order valence-corrected chi connectivity index (χ0v) is 15.9. The Hall–Kier alpha value is -3.37. The molecule has 1 heterocycles.